The first-order valence-electron chi connectivity index (χ1n) is 9.16. The fraction of sp³-hybridized carbons (Fsp3) is 0.167. The minimum atomic E-state index is -0.542. The van der Waals surface area contributed by atoms with E-state index in [0.717, 1.165) is 22.2 Å². The Morgan fingerprint density at radius 2 is 1.63 bits per heavy atom. The van der Waals surface area contributed by atoms with E-state index in [1.165, 1.54) is 10.8 Å². The highest BCUT2D eigenvalue weighted by molar-refractivity contribution is 6.02. The average molecular weight is 354 g/mol. The molecule has 0 saturated heterocycles. The van der Waals surface area contributed by atoms with Crippen LogP contribution in [-0.2, 0) is 11.2 Å². The topological polar surface area (TPSA) is 42.0 Å². The molecule has 0 atom stereocenters. The first-order valence-corrected chi connectivity index (χ1v) is 9.16. The number of pyridine rings is 1. The highest BCUT2D eigenvalue weighted by atomic mass is 16.2. The lowest BCUT2D eigenvalue weighted by molar-refractivity contribution is -0.123. The second-order valence-corrected chi connectivity index (χ2v) is 7.58. The van der Waals surface area contributed by atoms with Crippen LogP contribution in [0.4, 0.5) is 5.69 Å². The molecular formula is C24H22N2O. The number of nitrogens with zero attached hydrogens (tertiary/aromatic N) is 1. The number of carbonyl (C=O) groups is 1. The molecular weight excluding hydrogens is 332 g/mol. The van der Waals surface area contributed by atoms with Gasteiger partial charge in [-0.1, -0.05) is 74.5 Å². The van der Waals surface area contributed by atoms with Gasteiger partial charge in [-0.15, -0.1) is 0 Å². The predicted molar refractivity (Wildman–Crippen MR) is 112 cm³/mol. The fourth-order valence-corrected chi connectivity index (χ4v) is 3.44. The van der Waals surface area contributed by atoms with Crippen molar-refractivity contribution in [3.05, 3.63) is 84.6 Å². The number of aromatic nitrogens is 1. The summed E-state index contributed by atoms with van der Waals surface area (Å²) >= 11 is 0. The maximum atomic E-state index is 13.0. The number of amides is 1. The molecule has 0 aliphatic rings. The molecule has 3 nitrogen and oxygen atoms in total. The van der Waals surface area contributed by atoms with Crippen LogP contribution in [-0.4, -0.2) is 10.9 Å². The van der Waals surface area contributed by atoms with Crippen molar-refractivity contribution < 1.29 is 4.79 Å². The van der Waals surface area contributed by atoms with Crippen molar-refractivity contribution >= 4 is 33.3 Å². The number of para-hydroxylation sites is 1. The SMILES string of the molecule is CC(C)(Cc1ccc2ccccc2c1)C(=O)Nc1cccc2cccnc12. The molecule has 0 saturated carbocycles. The van der Waals surface area contributed by atoms with Crippen LogP contribution in [0, 0.1) is 5.41 Å². The number of rotatable bonds is 4. The van der Waals surface area contributed by atoms with E-state index in [4.69, 9.17) is 0 Å². The van der Waals surface area contributed by atoms with Crippen molar-refractivity contribution in [3.63, 3.8) is 0 Å². The summed E-state index contributed by atoms with van der Waals surface area (Å²) in [6, 6.07) is 24.4. The van der Waals surface area contributed by atoms with Crippen LogP contribution >= 0.6 is 0 Å². The van der Waals surface area contributed by atoms with Crippen molar-refractivity contribution in [2.75, 3.05) is 5.32 Å². The molecule has 1 heterocycles. The summed E-state index contributed by atoms with van der Waals surface area (Å²) in [5, 5.41) is 6.51. The number of fused-ring (bicyclic) bond motifs is 2. The van der Waals surface area contributed by atoms with E-state index in [0.29, 0.717) is 6.42 Å². The second kappa shape index (κ2) is 6.84. The van der Waals surface area contributed by atoms with Crippen LogP contribution in [0.3, 0.4) is 0 Å². The second-order valence-electron chi connectivity index (χ2n) is 7.58. The van der Waals surface area contributed by atoms with Crippen molar-refractivity contribution in [1.82, 2.24) is 4.98 Å². The molecule has 0 spiro atoms. The zero-order valence-electron chi connectivity index (χ0n) is 15.6. The number of nitrogens with one attached hydrogen (secondary N) is 1. The Kier molecular flexibility index (Phi) is 4.36. The Labute approximate surface area is 159 Å². The minimum absolute atomic E-state index is 0.00573. The van der Waals surface area contributed by atoms with Gasteiger partial charge in [0.25, 0.3) is 0 Å². The Balaban J connectivity index is 1.57. The Hall–Kier alpha value is -3.20. The van der Waals surface area contributed by atoms with Crippen LogP contribution in [0.2, 0.25) is 0 Å². The van der Waals surface area contributed by atoms with Crippen molar-refractivity contribution in [3.8, 4) is 0 Å². The third kappa shape index (κ3) is 3.54. The molecule has 0 bridgehead atoms. The lowest BCUT2D eigenvalue weighted by Crippen LogP contribution is -2.32. The Morgan fingerprint density at radius 3 is 2.48 bits per heavy atom. The Bertz CT molecular complexity index is 1130. The standard InChI is InChI=1S/C24H22N2O/c1-24(2,16-17-12-13-18-7-3-4-8-20(18)15-17)23(27)26-21-11-5-9-19-10-6-14-25-22(19)21/h3-15H,16H2,1-2H3,(H,26,27). The van der Waals surface area contributed by atoms with Gasteiger partial charge in [0.1, 0.15) is 0 Å². The smallest absolute Gasteiger partial charge is 0.230 e. The highest BCUT2D eigenvalue weighted by Gasteiger charge is 2.28. The molecule has 1 aromatic heterocycles. The molecule has 4 rings (SSSR count). The molecule has 134 valence electrons. The first kappa shape index (κ1) is 17.2. The van der Waals surface area contributed by atoms with Gasteiger partial charge in [0.05, 0.1) is 11.2 Å². The normalized spacial score (nSPS) is 11.6. The third-order valence-electron chi connectivity index (χ3n) is 4.96. The highest BCUT2D eigenvalue weighted by Crippen LogP contribution is 2.28. The third-order valence-corrected chi connectivity index (χ3v) is 4.96. The summed E-state index contributed by atoms with van der Waals surface area (Å²) in [6.07, 6.45) is 2.42. The number of hydrogen-bond acceptors (Lipinski definition) is 2. The fourth-order valence-electron chi connectivity index (χ4n) is 3.44. The van der Waals surface area contributed by atoms with Gasteiger partial charge in [-0.25, -0.2) is 0 Å². The van der Waals surface area contributed by atoms with Crippen LogP contribution < -0.4 is 5.32 Å². The summed E-state index contributed by atoms with van der Waals surface area (Å²) in [5.41, 5.74) is 2.18. The van der Waals surface area contributed by atoms with E-state index in [1.807, 2.05) is 56.3 Å². The van der Waals surface area contributed by atoms with Crippen molar-refractivity contribution in [2.45, 2.75) is 20.3 Å². The van der Waals surface area contributed by atoms with E-state index in [-0.39, 0.29) is 5.91 Å². The zero-order valence-corrected chi connectivity index (χ0v) is 15.6. The van der Waals surface area contributed by atoms with Gasteiger partial charge in [0.2, 0.25) is 5.91 Å². The van der Waals surface area contributed by atoms with Gasteiger partial charge in [0.15, 0.2) is 0 Å². The van der Waals surface area contributed by atoms with E-state index < -0.39 is 5.41 Å². The van der Waals surface area contributed by atoms with Crippen LogP contribution in [0.25, 0.3) is 21.7 Å². The molecule has 0 aliphatic heterocycles. The van der Waals surface area contributed by atoms with Crippen molar-refractivity contribution in [1.29, 1.82) is 0 Å². The van der Waals surface area contributed by atoms with Crippen molar-refractivity contribution in [2.24, 2.45) is 5.41 Å². The summed E-state index contributed by atoms with van der Waals surface area (Å²) < 4.78 is 0. The molecule has 0 aliphatic carbocycles. The zero-order chi connectivity index (χ0) is 18.9. The molecule has 3 aromatic carbocycles. The summed E-state index contributed by atoms with van der Waals surface area (Å²) in [4.78, 5) is 17.4. The number of benzene rings is 3. The minimum Gasteiger partial charge on any atom is -0.324 e. The molecule has 1 amide bonds. The molecule has 0 fully saturated rings. The molecule has 0 unspecified atom stereocenters. The molecule has 0 radical (unpaired) electrons. The van der Waals surface area contributed by atoms with Crippen LogP contribution in [0.5, 0.6) is 0 Å². The number of hydrogen-bond donors (Lipinski definition) is 1. The average Bonchev–Trinajstić information content (AvgIpc) is 2.68. The van der Waals surface area contributed by atoms with Gasteiger partial charge in [-0.2, -0.15) is 0 Å². The van der Waals surface area contributed by atoms with E-state index in [2.05, 4.69) is 40.6 Å². The number of carbonyl (C=O) groups excluding carboxylic acids is 1. The van der Waals surface area contributed by atoms with Gasteiger partial charge < -0.3 is 5.32 Å². The monoisotopic (exact) mass is 354 g/mol. The largest absolute Gasteiger partial charge is 0.324 e. The van der Waals surface area contributed by atoms with E-state index >= 15 is 0 Å². The molecule has 1 N–H and O–H groups in total. The van der Waals surface area contributed by atoms with E-state index in [9.17, 15) is 4.79 Å². The first-order chi connectivity index (χ1) is 13.0. The van der Waals surface area contributed by atoms with Gasteiger partial charge in [-0.3, -0.25) is 9.78 Å². The van der Waals surface area contributed by atoms with Gasteiger partial charge in [0, 0.05) is 17.0 Å². The molecule has 3 heteroatoms. The quantitative estimate of drug-likeness (QED) is 0.519. The van der Waals surface area contributed by atoms with Gasteiger partial charge >= 0.3 is 0 Å². The van der Waals surface area contributed by atoms with E-state index in [1.54, 1.807) is 6.20 Å². The lowest BCUT2D eigenvalue weighted by atomic mass is 9.84. The molecule has 4 aromatic rings. The predicted octanol–water partition coefficient (Wildman–Crippen LogP) is 5.60. The summed E-state index contributed by atoms with van der Waals surface area (Å²) in [5.74, 6) is -0.00573. The van der Waals surface area contributed by atoms with Gasteiger partial charge in [-0.05, 0) is 34.9 Å². The van der Waals surface area contributed by atoms with Crippen LogP contribution in [0.15, 0.2) is 79.0 Å². The summed E-state index contributed by atoms with van der Waals surface area (Å²) in [6.45, 7) is 3.96. The summed E-state index contributed by atoms with van der Waals surface area (Å²) in [7, 11) is 0. The molecule has 27 heavy (non-hydrogen) atoms. The lowest BCUT2D eigenvalue weighted by Gasteiger charge is -2.24. The van der Waals surface area contributed by atoms with Crippen LogP contribution in [0.1, 0.15) is 19.4 Å². The number of anilines is 1. The Morgan fingerprint density at radius 1 is 0.889 bits per heavy atom. The maximum absolute atomic E-state index is 13.0. The maximum Gasteiger partial charge on any atom is 0.230 e.